The Kier molecular flexibility index (Phi) is 3.46. The van der Waals surface area contributed by atoms with Crippen LogP contribution in [0.3, 0.4) is 0 Å². The molecule has 21 heavy (non-hydrogen) atoms. The molecule has 4 rings (SSSR count). The van der Waals surface area contributed by atoms with Crippen molar-refractivity contribution in [2.75, 3.05) is 11.4 Å². The van der Waals surface area contributed by atoms with E-state index < -0.39 is 0 Å². The Balaban J connectivity index is 1.46. The maximum Gasteiger partial charge on any atom is 0.227 e. The monoisotopic (exact) mass is 284 g/mol. The van der Waals surface area contributed by atoms with Crippen molar-refractivity contribution in [1.82, 2.24) is 5.32 Å². The Hall–Kier alpha value is -1.35. The van der Waals surface area contributed by atoms with E-state index in [1.165, 1.54) is 31.2 Å². The number of hydrogen-bond acceptors (Lipinski definition) is 2. The quantitative estimate of drug-likeness (QED) is 0.905. The van der Waals surface area contributed by atoms with Gasteiger partial charge in [0.2, 0.25) is 5.91 Å². The molecule has 1 aromatic rings. The lowest BCUT2D eigenvalue weighted by Gasteiger charge is -2.33. The number of nitrogens with zero attached hydrogens (tertiary/aromatic N) is 1. The largest absolute Gasteiger partial charge is 0.312 e. The van der Waals surface area contributed by atoms with Gasteiger partial charge in [0.1, 0.15) is 0 Å². The molecule has 3 heteroatoms. The molecule has 3 nitrogen and oxygen atoms in total. The molecule has 2 saturated heterocycles. The fourth-order valence-electron chi connectivity index (χ4n) is 4.49. The number of amides is 1. The summed E-state index contributed by atoms with van der Waals surface area (Å²) in [5.41, 5.74) is 2.49. The molecule has 0 aromatic heterocycles. The summed E-state index contributed by atoms with van der Waals surface area (Å²) >= 11 is 0. The Morgan fingerprint density at radius 3 is 2.76 bits per heavy atom. The van der Waals surface area contributed by atoms with E-state index in [4.69, 9.17) is 0 Å². The smallest absolute Gasteiger partial charge is 0.227 e. The summed E-state index contributed by atoms with van der Waals surface area (Å²) in [6, 6.07) is 9.76. The van der Waals surface area contributed by atoms with Crippen molar-refractivity contribution in [2.45, 2.75) is 57.0 Å². The van der Waals surface area contributed by atoms with Crippen LogP contribution in [0.4, 0.5) is 5.69 Å². The molecular weight excluding hydrogens is 260 g/mol. The summed E-state index contributed by atoms with van der Waals surface area (Å²) in [4.78, 5) is 14.8. The molecule has 0 aliphatic carbocycles. The fraction of sp³-hybridized carbons (Fsp3) is 0.611. The Bertz CT molecular complexity index is 530. The lowest BCUT2D eigenvalue weighted by atomic mass is 9.89. The lowest BCUT2D eigenvalue weighted by Crippen LogP contribution is -2.41. The van der Waals surface area contributed by atoms with Crippen LogP contribution in [0.5, 0.6) is 0 Å². The maximum atomic E-state index is 12.8. The summed E-state index contributed by atoms with van der Waals surface area (Å²) in [6.07, 6.45) is 7.94. The van der Waals surface area contributed by atoms with Gasteiger partial charge in [-0.2, -0.15) is 0 Å². The van der Waals surface area contributed by atoms with Crippen LogP contribution in [-0.2, 0) is 11.2 Å². The summed E-state index contributed by atoms with van der Waals surface area (Å²) in [5, 5.41) is 3.66. The topological polar surface area (TPSA) is 32.3 Å². The number of hydrogen-bond donors (Lipinski definition) is 1. The molecule has 112 valence electrons. The second kappa shape index (κ2) is 5.45. The van der Waals surface area contributed by atoms with Crippen molar-refractivity contribution >= 4 is 11.6 Å². The Labute approximate surface area is 126 Å². The van der Waals surface area contributed by atoms with Gasteiger partial charge in [-0.05, 0) is 56.1 Å². The van der Waals surface area contributed by atoms with Gasteiger partial charge in [0, 0.05) is 30.7 Å². The average molecular weight is 284 g/mol. The van der Waals surface area contributed by atoms with Crippen molar-refractivity contribution in [1.29, 1.82) is 0 Å². The lowest BCUT2D eigenvalue weighted by molar-refractivity contribution is -0.119. The van der Waals surface area contributed by atoms with Gasteiger partial charge in [0.05, 0.1) is 0 Å². The normalized spacial score (nSPS) is 31.0. The van der Waals surface area contributed by atoms with Gasteiger partial charge in [-0.25, -0.2) is 0 Å². The fourth-order valence-corrected chi connectivity index (χ4v) is 4.49. The van der Waals surface area contributed by atoms with Crippen LogP contribution < -0.4 is 10.2 Å². The molecule has 0 radical (unpaired) electrons. The van der Waals surface area contributed by atoms with E-state index in [9.17, 15) is 4.79 Å². The van der Waals surface area contributed by atoms with Crippen LogP contribution in [0.2, 0.25) is 0 Å². The predicted molar refractivity (Wildman–Crippen MR) is 84.4 cm³/mol. The molecule has 2 unspecified atom stereocenters. The highest BCUT2D eigenvalue weighted by molar-refractivity contribution is 5.94. The van der Waals surface area contributed by atoms with E-state index in [0.29, 0.717) is 23.9 Å². The Morgan fingerprint density at radius 1 is 1.19 bits per heavy atom. The number of carbonyl (C=O) groups excluding carboxylic acids is 1. The second-order valence-electron chi connectivity index (χ2n) is 6.96. The van der Waals surface area contributed by atoms with Gasteiger partial charge >= 0.3 is 0 Å². The number of nitrogens with one attached hydrogen (secondary N) is 1. The van der Waals surface area contributed by atoms with Crippen LogP contribution >= 0.6 is 0 Å². The summed E-state index contributed by atoms with van der Waals surface area (Å²) < 4.78 is 0. The molecule has 3 aliphatic rings. The molecule has 1 N–H and O–H groups in total. The summed E-state index contributed by atoms with van der Waals surface area (Å²) in [7, 11) is 0. The molecule has 3 heterocycles. The van der Waals surface area contributed by atoms with Crippen LogP contribution in [0.1, 0.15) is 44.1 Å². The zero-order valence-corrected chi connectivity index (χ0v) is 12.6. The van der Waals surface area contributed by atoms with Crippen molar-refractivity contribution < 1.29 is 4.79 Å². The van der Waals surface area contributed by atoms with Crippen molar-refractivity contribution in [3.63, 3.8) is 0 Å². The van der Waals surface area contributed by atoms with E-state index in [2.05, 4.69) is 29.6 Å². The number of fused-ring (bicyclic) bond motifs is 3. The molecule has 2 bridgehead atoms. The molecule has 2 atom stereocenters. The maximum absolute atomic E-state index is 12.8. The van der Waals surface area contributed by atoms with E-state index in [1.807, 2.05) is 4.90 Å². The molecule has 0 saturated carbocycles. The minimum atomic E-state index is 0.341. The highest BCUT2D eigenvalue weighted by Gasteiger charge is 2.35. The third-order valence-electron chi connectivity index (χ3n) is 5.45. The first-order chi connectivity index (χ1) is 10.3. The first-order valence-electron chi connectivity index (χ1n) is 8.44. The number of anilines is 1. The van der Waals surface area contributed by atoms with Gasteiger partial charge in [0.25, 0.3) is 0 Å². The number of benzene rings is 1. The van der Waals surface area contributed by atoms with E-state index >= 15 is 0 Å². The number of rotatable bonds is 2. The van der Waals surface area contributed by atoms with Gasteiger partial charge in [-0.1, -0.05) is 18.2 Å². The highest BCUT2D eigenvalue weighted by Crippen LogP contribution is 2.34. The van der Waals surface area contributed by atoms with Gasteiger partial charge < -0.3 is 10.2 Å². The molecular formula is C18H24N2O. The molecule has 2 fully saturated rings. The van der Waals surface area contributed by atoms with Crippen LogP contribution in [0, 0.1) is 5.92 Å². The van der Waals surface area contributed by atoms with E-state index in [1.54, 1.807) is 0 Å². The van der Waals surface area contributed by atoms with Crippen molar-refractivity contribution in [3.05, 3.63) is 29.8 Å². The van der Waals surface area contributed by atoms with E-state index in [0.717, 1.165) is 31.5 Å². The number of aryl methyl sites for hydroxylation is 1. The van der Waals surface area contributed by atoms with Gasteiger partial charge in [0.15, 0.2) is 0 Å². The standard InChI is InChI=1S/C18H24N2O/c21-18(12-13-10-15-7-8-16(11-13)19-15)20-9-3-5-14-4-1-2-6-17(14)20/h1-2,4,6,13,15-16,19H,3,5,7-12H2. The van der Waals surface area contributed by atoms with Crippen LogP contribution in [0.25, 0.3) is 0 Å². The number of piperidine rings is 1. The predicted octanol–water partition coefficient (Wildman–Crippen LogP) is 2.89. The molecule has 0 spiro atoms. The first kappa shape index (κ1) is 13.3. The van der Waals surface area contributed by atoms with Crippen LogP contribution in [-0.4, -0.2) is 24.5 Å². The third-order valence-corrected chi connectivity index (χ3v) is 5.45. The zero-order valence-electron chi connectivity index (χ0n) is 12.6. The first-order valence-corrected chi connectivity index (χ1v) is 8.44. The third kappa shape index (κ3) is 2.59. The summed E-state index contributed by atoms with van der Waals surface area (Å²) in [6.45, 7) is 0.897. The minimum absolute atomic E-state index is 0.341. The Morgan fingerprint density at radius 2 is 1.95 bits per heavy atom. The van der Waals surface area contributed by atoms with Crippen molar-refractivity contribution in [3.8, 4) is 0 Å². The summed E-state index contributed by atoms with van der Waals surface area (Å²) in [5.74, 6) is 0.929. The number of carbonyl (C=O) groups is 1. The average Bonchev–Trinajstić information content (AvgIpc) is 2.85. The number of para-hydroxylation sites is 1. The van der Waals surface area contributed by atoms with E-state index in [-0.39, 0.29) is 0 Å². The van der Waals surface area contributed by atoms with Crippen molar-refractivity contribution in [2.24, 2.45) is 5.92 Å². The van der Waals surface area contributed by atoms with Crippen LogP contribution in [0.15, 0.2) is 24.3 Å². The minimum Gasteiger partial charge on any atom is -0.312 e. The molecule has 1 aromatic carbocycles. The highest BCUT2D eigenvalue weighted by atomic mass is 16.2. The second-order valence-corrected chi connectivity index (χ2v) is 6.96. The molecule has 1 amide bonds. The van der Waals surface area contributed by atoms with Gasteiger partial charge in [-0.3, -0.25) is 4.79 Å². The SMILES string of the molecule is O=C(CC1CC2CCC(C1)N2)N1CCCc2ccccc21. The zero-order chi connectivity index (χ0) is 14.2. The van der Waals surface area contributed by atoms with Gasteiger partial charge in [-0.15, -0.1) is 0 Å². The molecule has 3 aliphatic heterocycles.